The summed E-state index contributed by atoms with van der Waals surface area (Å²) in [6.45, 7) is 3.74. The quantitative estimate of drug-likeness (QED) is 0.594. The van der Waals surface area contributed by atoms with E-state index < -0.39 is 0 Å². The molecule has 0 bridgehead atoms. The van der Waals surface area contributed by atoms with Crippen molar-refractivity contribution in [3.8, 4) is 0 Å². The molecular weight excluding hydrogens is 162 g/mol. The highest BCUT2D eigenvalue weighted by Gasteiger charge is 2.17. The summed E-state index contributed by atoms with van der Waals surface area (Å²) in [5.41, 5.74) is 1.78. The number of aliphatic hydroxyl groups is 1. The molecule has 0 aliphatic carbocycles. The average Bonchev–Trinajstić information content (AvgIpc) is 2.01. The van der Waals surface area contributed by atoms with Crippen LogP contribution in [0.25, 0.3) is 0 Å². The van der Waals surface area contributed by atoms with Gasteiger partial charge in [0.05, 0.1) is 6.04 Å². The van der Waals surface area contributed by atoms with E-state index in [1.165, 1.54) is 0 Å². The zero-order chi connectivity index (χ0) is 8.43. The third-order valence-corrected chi connectivity index (χ3v) is 2.23. The van der Waals surface area contributed by atoms with Crippen molar-refractivity contribution in [1.82, 2.24) is 5.32 Å². The van der Waals surface area contributed by atoms with Crippen LogP contribution in [0, 0.1) is 0 Å². The van der Waals surface area contributed by atoms with Crippen LogP contribution in [0.15, 0.2) is 23.1 Å². The van der Waals surface area contributed by atoms with E-state index in [-0.39, 0.29) is 6.04 Å². The van der Waals surface area contributed by atoms with Crippen LogP contribution in [0.3, 0.4) is 0 Å². The normalized spacial score (nSPS) is 24.6. The predicted octanol–water partition coefficient (Wildman–Crippen LogP) is 1.93. The molecule has 0 saturated heterocycles. The Balaban J connectivity index is 2.88. The molecule has 11 heavy (non-hydrogen) atoms. The van der Waals surface area contributed by atoms with E-state index >= 15 is 0 Å². The molecule has 0 aromatic carbocycles. The lowest BCUT2D eigenvalue weighted by molar-refractivity contribution is 0.402. The van der Waals surface area contributed by atoms with Crippen LogP contribution in [-0.2, 0) is 0 Å². The summed E-state index contributed by atoms with van der Waals surface area (Å²) >= 11 is 5.65. The molecule has 3 heteroatoms. The Labute approximate surface area is 71.6 Å². The molecule has 0 amide bonds. The second kappa shape index (κ2) is 3.18. The zero-order valence-corrected chi connectivity index (χ0v) is 7.44. The van der Waals surface area contributed by atoms with Gasteiger partial charge in [0.15, 0.2) is 0 Å². The topological polar surface area (TPSA) is 32.3 Å². The largest absolute Gasteiger partial charge is 0.508 e. The maximum atomic E-state index is 9.46. The number of hydrogen-bond acceptors (Lipinski definition) is 2. The van der Waals surface area contributed by atoms with Gasteiger partial charge in [0.25, 0.3) is 0 Å². The number of allylic oxidation sites excluding steroid dienone is 1. The average molecular weight is 174 g/mol. The van der Waals surface area contributed by atoms with Crippen LogP contribution >= 0.6 is 11.6 Å². The summed E-state index contributed by atoms with van der Waals surface area (Å²) in [5, 5.41) is 12.5. The molecule has 1 heterocycles. The fourth-order valence-corrected chi connectivity index (χ4v) is 1.38. The van der Waals surface area contributed by atoms with Gasteiger partial charge in [0, 0.05) is 17.7 Å². The predicted molar refractivity (Wildman–Crippen MR) is 46.7 cm³/mol. The van der Waals surface area contributed by atoms with Gasteiger partial charge < -0.3 is 10.4 Å². The second-order valence-electron chi connectivity index (χ2n) is 2.73. The molecule has 1 unspecified atom stereocenters. The molecular formula is C8H12ClNO. The van der Waals surface area contributed by atoms with Crippen LogP contribution < -0.4 is 5.32 Å². The highest BCUT2D eigenvalue weighted by molar-refractivity contribution is 6.18. The first-order valence-corrected chi connectivity index (χ1v) is 4.09. The Morgan fingerprint density at radius 3 is 2.82 bits per heavy atom. The van der Waals surface area contributed by atoms with Gasteiger partial charge in [0.1, 0.15) is 5.76 Å². The third kappa shape index (κ3) is 1.51. The molecule has 1 rings (SSSR count). The van der Waals surface area contributed by atoms with E-state index in [4.69, 9.17) is 11.6 Å². The third-order valence-electron chi connectivity index (χ3n) is 1.93. The number of nitrogens with one attached hydrogen (secondary N) is 1. The maximum absolute atomic E-state index is 9.46. The fraction of sp³-hybridized carbons (Fsp3) is 0.500. The van der Waals surface area contributed by atoms with Crippen molar-refractivity contribution in [2.24, 2.45) is 0 Å². The van der Waals surface area contributed by atoms with Gasteiger partial charge in [-0.15, -0.1) is 11.6 Å². The lowest BCUT2D eigenvalue weighted by atomic mass is 10.0. The lowest BCUT2D eigenvalue weighted by Crippen LogP contribution is -2.31. The smallest absolute Gasteiger partial charge is 0.120 e. The molecule has 62 valence electrons. The highest BCUT2D eigenvalue weighted by atomic mass is 35.5. The molecule has 0 saturated carbocycles. The summed E-state index contributed by atoms with van der Waals surface area (Å²) in [4.78, 5) is 0. The van der Waals surface area contributed by atoms with Crippen molar-refractivity contribution in [1.29, 1.82) is 0 Å². The molecule has 0 aromatic heterocycles. The molecule has 2 nitrogen and oxygen atoms in total. The number of alkyl halides is 1. The van der Waals surface area contributed by atoms with Gasteiger partial charge >= 0.3 is 0 Å². The molecule has 2 N–H and O–H groups in total. The maximum Gasteiger partial charge on any atom is 0.120 e. The van der Waals surface area contributed by atoms with Crippen molar-refractivity contribution in [2.75, 3.05) is 5.88 Å². The van der Waals surface area contributed by atoms with E-state index in [0.29, 0.717) is 11.6 Å². The number of dihydropyridines is 1. The number of hydrogen-bond donors (Lipinski definition) is 2. The van der Waals surface area contributed by atoms with E-state index in [2.05, 4.69) is 5.32 Å². The Morgan fingerprint density at radius 2 is 2.27 bits per heavy atom. The van der Waals surface area contributed by atoms with Crippen molar-refractivity contribution >= 4 is 11.6 Å². The Hall–Kier alpha value is -0.630. The molecule has 1 aliphatic heterocycles. The van der Waals surface area contributed by atoms with E-state index in [0.717, 1.165) is 11.1 Å². The standard InChI is InChI=1S/C8H12ClNO/c1-5-4-10-7(3-9)6(2)8(5)11/h4,7,10-11H,3H2,1-2H3. The summed E-state index contributed by atoms with van der Waals surface area (Å²) in [6.07, 6.45) is 1.79. The van der Waals surface area contributed by atoms with E-state index in [9.17, 15) is 5.11 Å². The van der Waals surface area contributed by atoms with Gasteiger partial charge in [-0.1, -0.05) is 0 Å². The molecule has 0 aromatic rings. The number of rotatable bonds is 1. The molecule has 1 atom stereocenters. The van der Waals surface area contributed by atoms with Crippen molar-refractivity contribution in [3.63, 3.8) is 0 Å². The second-order valence-corrected chi connectivity index (χ2v) is 3.04. The van der Waals surface area contributed by atoms with Crippen LogP contribution in [0.5, 0.6) is 0 Å². The van der Waals surface area contributed by atoms with Crippen molar-refractivity contribution in [2.45, 2.75) is 19.9 Å². The fourth-order valence-electron chi connectivity index (χ4n) is 1.06. The molecule has 0 spiro atoms. The van der Waals surface area contributed by atoms with Crippen molar-refractivity contribution < 1.29 is 5.11 Å². The minimum Gasteiger partial charge on any atom is -0.508 e. The van der Waals surface area contributed by atoms with Gasteiger partial charge in [0.2, 0.25) is 0 Å². The van der Waals surface area contributed by atoms with Gasteiger partial charge in [-0.05, 0) is 19.4 Å². The van der Waals surface area contributed by atoms with Crippen molar-refractivity contribution in [3.05, 3.63) is 23.1 Å². The van der Waals surface area contributed by atoms with E-state index in [1.807, 2.05) is 13.8 Å². The van der Waals surface area contributed by atoms with Crippen LogP contribution in [-0.4, -0.2) is 17.0 Å². The minimum atomic E-state index is 0.0837. The first kappa shape index (κ1) is 8.47. The van der Waals surface area contributed by atoms with Gasteiger partial charge in [-0.3, -0.25) is 0 Å². The Bertz CT molecular complexity index is 220. The van der Waals surface area contributed by atoms with Crippen LogP contribution in [0.4, 0.5) is 0 Å². The summed E-state index contributed by atoms with van der Waals surface area (Å²) in [7, 11) is 0. The molecule has 0 radical (unpaired) electrons. The SMILES string of the molecule is CC1=CNC(CCl)C(C)=C1O. The Kier molecular flexibility index (Phi) is 2.45. The summed E-state index contributed by atoms with van der Waals surface area (Å²) < 4.78 is 0. The summed E-state index contributed by atoms with van der Waals surface area (Å²) in [5.74, 6) is 0.856. The first-order chi connectivity index (χ1) is 5.16. The number of aliphatic hydroxyl groups excluding tert-OH is 1. The monoisotopic (exact) mass is 173 g/mol. The van der Waals surface area contributed by atoms with E-state index in [1.54, 1.807) is 6.20 Å². The van der Waals surface area contributed by atoms with Crippen LogP contribution in [0.1, 0.15) is 13.8 Å². The van der Waals surface area contributed by atoms with Gasteiger partial charge in [-0.2, -0.15) is 0 Å². The van der Waals surface area contributed by atoms with Crippen LogP contribution in [0.2, 0.25) is 0 Å². The summed E-state index contributed by atoms with van der Waals surface area (Å²) in [6, 6.07) is 0.0837. The first-order valence-electron chi connectivity index (χ1n) is 3.55. The number of halogens is 1. The van der Waals surface area contributed by atoms with Gasteiger partial charge in [-0.25, -0.2) is 0 Å². The molecule has 0 fully saturated rings. The zero-order valence-electron chi connectivity index (χ0n) is 6.69. The Morgan fingerprint density at radius 1 is 1.64 bits per heavy atom. The minimum absolute atomic E-state index is 0.0837. The molecule has 1 aliphatic rings. The lowest BCUT2D eigenvalue weighted by Gasteiger charge is -2.22. The highest BCUT2D eigenvalue weighted by Crippen LogP contribution is 2.18.